The molecule has 0 fully saturated rings. The molecule has 0 spiro atoms. The van der Waals surface area contributed by atoms with Gasteiger partial charge in [-0.2, -0.15) is 5.26 Å². The number of rotatable bonds is 2. The van der Waals surface area contributed by atoms with E-state index in [4.69, 9.17) is 0 Å². The number of allylic oxidation sites excluding steroid dienone is 2. The summed E-state index contributed by atoms with van der Waals surface area (Å²) in [7, 11) is 0. The number of nitrogens with zero attached hydrogens (tertiary/aromatic N) is 1. The number of carbonyl (C=O) groups is 1. The van der Waals surface area contributed by atoms with Crippen molar-refractivity contribution in [3.63, 3.8) is 0 Å². The number of hydrogen-bond donors (Lipinski definition) is 2. The van der Waals surface area contributed by atoms with E-state index in [0.717, 1.165) is 42.9 Å². The van der Waals surface area contributed by atoms with Crippen molar-refractivity contribution in [1.82, 2.24) is 5.32 Å². The first-order chi connectivity index (χ1) is 9.29. The van der Waals surface area contributed by atoms with Gasteiger partial charge in [-0.3, -0.25) is 4.79 Å². The summed E-state index contributed by atoms with van der Waals surface area (Å²) in [6, 6.07) is 2.25. The van der Waals surface area contributed by atoms with Gasteiger partial charge in [0.25, 0.3) is 0 Å². The second-order valence-electron chi connectivity index (χ2n) is 4.88. The molecule has 0 aromatic carbocycles. The maximum absolute atomic E-state index is 12.1. The van der Waals surface area contributed by atoms with E-state index in [-0.39, 0.29) is 11.8 Å². The predicted octanol–water partition coefficient (Wildman–Crippen LogP) is 2.17. The number of thiophene rings is 1. The molecule has 0 unspecified atom stereocenters. The quantitative estimate of drug-likeness (QED) is 0.812. The molecule has 0 saturated carbocycles. The molecular weight excluding hydrogens is 258 g/mol. The van der Waals surface area contributed by atoms with Crippen LogP contribution in [0.2, 0.25) is 0 Å². The van der Waals surface area contributed by atoms with Crippen LogP contribution in [0.25, 0.3) is 0 Å². The van der Waals surface area contributed by atoms with E-state index in [1.165, 1.54) is 16.2 Å². The third kappa shape index (κ3) is 2.29. The Morgan fingerprint density at radius 1 is 1.47 bits per heavy atom. The molecule has 4 nitrogen and oxygen atoms in total. The van der Waals surface area contributed by atoms with Crippen molar-refractivity contribution in [3.8, 4) is 6.07 Å². The zero-order valence-electron chi connectivity index (χ0n) is 10.5. The lowest BCUT2D eigenvalue weighted by Crippen LogP contribution is -2.22. The molecule has 2 aliphatic rings. The summed E-state index contributed by atoms with van der Waals surface area (Å²) in [6.45, 7) is 1.70. The average molecular weight is 273 g/mol. The van der Waals surface area contributed by atoms with E-state index in [1.54, 1.807) is 0 Å². The highest BCUT2D eigenvalue weighted by Crippen LogP contribution is 2.35. The Morgan fingerprint density at radius 3 is 3.00 bits per heavy atom. The van der Waals surface area contributed by atoms with E-state index in [0.29, 0.717) is 5.56 Å². The standard InChI is InChI=1S/C14H15N3OS/c15-7-11-10-5-6-16-8-12(10)19-14(11)17-13(18)9-3-1-2-4-9/h1-2,9,16H,3-6,8H2,(H,17,18). The summed E-state index contributed by atoms with van der Waals surface area (Å²) in [4.78, 5) is 13.3. The lowest BCUT2D eigenvalue weighted by Gasteiger charge is -2.11. The van der Waals surface area contributed by atoms with E-state index < -0.39 is 0 Å². The number of carbonyl (C=O) groups excluding carboxylic acids is 1. The van der Waals surface area contributed by atoms with Gasteiger partial charge in [-0.15, -0.1) is 11.3 Å². The molecule has 0 bridgehead atoms. The molecule has 1 amide bonds. The van der Waals surface area contributed by atoms with Gasteiger partial charge >= 0.3 is 0 Å². The Labute approximate surface area is 116 Å². The van der Waals surface area contributed by atoms with Gasteiger partial charge in [0.1, 0.15) is 11.1 Å². The van der Waals surface area contributed by atoms with Crippen molar-refractivity contribution in [2.75, 3.05) is 11.9 Å². The third-order valence-corrected chi connectivity index (χ3v) is 4.80. The number of anilines is 1. The zero-order valence-corrected chi connectivity index (χ0v) is 11.3. The molecule has 1 aliphatic heterocycles. The van der Waals surface area contributed by atoms with E-state index in [2.05, 4.69) is 16.7 Å². The monoisotopic (exact) mass is 273 g/mol. The summed E-state index contributed by atoms with van der Waals surface area (Å²) in [6.07, 6.45) is 6.56. The fourth-order valence-corrected chi connectivity index (χ4v) is 3.76. The zero-order chi connectivity index (χ0) is 13.2. The van der Waals surface area contributed by atoms with E-state index in [9.17, 15) is 10.1 Å². The molecule has 0 saturated heterocycles. The summed E-state index contributed by atoms with van der Waals surface area (Å²) < 4.78 is 0. The maximum atomic E-state index is 12.1. The van der Waals surface area contributed by atoms with Crippen LogP contribution in [-0.2, 0) is 17.8 Å². The molecular formula is C14H15N3OS. The average Bonchev–Trinajstić information content (AvgIpc) is 3.05. The van der Waals surface area contributed by atoms with Gasteiger partial charge in [-0.05, 0) is 31.4 Å². The largest absolute Gasteiger partial charge is 0.316 e. The minimum atomic E-state index is 0.0313. The minimum absolute atomic E-state index is 0.0313. The number of fused-ring (bicyclic) bond motifs is 1. The third-order valence-electron chi connectivity index (χ3n) is 3.66. The first-order valence-electron chi connectivity index (χ1n) is 6.51. The Kier molecular flexibility index (Phi) is 3.36. The van der Waals surface area contributed by atoms with Crippen molar-refractivity contribution < 1.29 is 4.79 Å². The van der Waals surface area contributed by atoms with Gasteiger partial charge < -0.3 is 10.6 Å². The summed E-state index contributed by atoms with van der Waals surface area (Å²) in [5.74, 6) is 0.0665. The molecule has 0 atom stereocenters. The van der Waals surface area contributed by atoms with Crippen molar-refractivity contribution >= 4 is 22.2 Å². The van der Waals surface area contributed by atoms with Crippen LogP contribution in [0.15, 0.2) is 12.2 Å². The van der Waals surface area contributed by atoms with Crippen molar-refractivity contribution in [2.24, 2.45) is 5.92 Å². The highest BCUT2D eigenvalue weighted by atomic mass is 32.1. The minimum Gasteiger partial charge on any atom is -0.316 e. The van der Waals surface area contributed by atoms with Crippen LogP contribution in [0.4, 0.5) is 5.00 Å². The SMILES string of the molecule is N#Cc1c(NC(=O)C2CC=CC2)sc2c1CCNC2. The molecule has 2 N–H and O–H groups in total. The first-order valence-corrected chi connectivity index (χ1v) is 7.32. The topological polar surface area (TPSA) is 64.9 Å². The van der Waals surface area contributed by atoms with Gasteiger partial charge in [0, 0.05) is 17.3 Å². The summed E-state index contributed by atoms with van der Waals surface area (Å²) in [5.41, 5.74) is 1.78. The summed E-state index contributed by atoms with van der Waals surface area (Å²) in [5, 5.41) is 16.3. The lowest BCUT2D eigenvalue weighted by atomic mass is 10.0. The number of nitriles is 1. The highest BCUT2D eigenvalue weighted by Gasteiger charge is 2.24. The van der Waals surface area contributed by atoms with Gasteiger partial charge in [0.2, 0.25) is 5.91 Å². The molecule has 19 heavy (non-hydrogen) atoms. The van der Waals surface area contributed by atoms with Crippen LogP contribution >= 0.6 is 11.3 Å². The van der Waals surface area contributed by atoms with Crippen molar-refractivity contribution in [1.29, 1.82) is 5.26 Å². The fourth-order valence-electron chi connectivity index (χ4n) is 2.59. The Balaban J connectivity index is 1.82. The molecule has 1 aliphatic carbocycles. The summed E-state index contributed by atoms with van der Waals surface area (Å²) >= 11 is 1.54. The normalized spacial score (nSPS) is 18.1. The Morgan fingerprint density at radius 2 is 2.26 bits per heavy atom. The van der Waals surface area contributed by atoms with Gasteiger partial charge in [-0.1, -0.05) is 12.2 Å². The van der Waals surface area contributed by atoms with Crippen LogP contribution in [0.1, 0.15) is 28.8 Å². The van der Waals surface area contributed by atoms with Crippen molar-refractivity contribution in [2.45, 2.75) is 25.8 Å². The molecule has 3 rings (SSSR count). The highest BCUT2D eigenvalue weighted by molar-refractivity contribution is 7.16. The van der Waals surface area contributed by atoms with Crippen LogP contribution in [-0.4, -0.2) is 12.5 Å². The second kappa shape index (κ2) is 5.16. The second-order valence-corrected chi connectivity index (χ2v) is 5.98. The van der Waals surface area contributed by atoms with E-state index in [1.807, 2.05) is 12.2 Å². The molecule has 2 heterocycles. The van der Waals surface area contributed by atoms with Crippen molar-refractivity contribution in [3.05, 3.63) is 28.2 Å². The number of nitrogens with one attached hydrogen (secondary N) is 2. The molecule has 0 radical (unpaired) electrons. The van der Waals surface area contributed by atoms with Crippen LogP contribution in [0.3, 0.4) is 0 Å². The van der Waals surface area contributed by atoms with Crippen LogP contribution < -0.4 is 10.6 Å². The van der Waals surface area contributed by atoms with Gasteiger partial charge in [-0.25, -0.2) is 0 Å². The lowest BCUT2D eigenvalue weighted by molar-refractivity contribution is -0.119. The number of hydrogen-bond acceptors (Lipinski definition) is 4. The van der Waals surface area contributed by atoms with Gasteiger partial charge in [0.15, 0.2) is 0 Å². The van der Waals surface area contributed by atoms with E-state index >= 15 is 0 Å². The first kappa shape index (κ1) is 12.4. The molecule has 5 heteroatoms. The smallest absolute Gasteiger partial charge is 0.228 e. The molecule has 1 aromatic rings. The maximum Gasteiger partial charge on any atom is 0.228 e. The van der Waals surface area contributed by atoms with Crippen LogP contribution in [0.5, 0.6) is 0 Å². The molecule has 98 valence electrons. The number of amides is 1. The molecule has 1 aromatic heterocycles. The fraction of sp³-hybridized carbons (Fsp3) is 0.429. The van der Waals surface area contributed by atoms with Gasteiger partial charge in [0.05, 0.1) is 5.56 Å². The Bertz CT molecular complexity index is 574. The van der Waals surface area contributed by atoms with Crippen LogP contribution in [0, 0.1) is 17.2 Å². The predicted molar refractivity (Wildman–Crippen MR) is 74.9 cm³/mol. The Hall–Kier alpha value is -1.64.